The Labute approximate surface area is 142 Å². The molecule has 2 rings (SSSR count). The van der Waals surface area contributed by atoms with Gasteiger partial charge in [-0.1, -0.05) is 23.8 Å². The van der Waals surface area contributed by atoms with Crippen LogP contribution in [0.3, 0.4) is 0 Å². The Bertz CT molecular complexity index is 642. The van der Waals surface area contributed by atoms with Gasteiger partial charge in [0, 0.05) is 5.56 Å². The molecular formula is C15H14Cl2N2O2S. The molecule has 0 saturated carbocycles. The summed E-state index contributed by atoms with van der Waals surface area (Å²) < 4.78 is 0. The number of carbonyl (C=O) groups excluding carboxylic acids is 2. The fraction of sp³-hybridized carbons (Fsp3) is 0.200. The van der Waals surface area contributed by atoms with Gasteiger partial charge in [0.15, 0.2) is 0 Å². The van der Waals surface area contributed by atoms with Crippen LogP contribution >= 0.6 is 34.5 Å². The summed E-state index contributed by atoms with van der Waals surface area (Å²) in [7, 11) is 0. The summed E-state index contributed by atoms with van der Waals surface area (Å²) >= 11 is 13.0. The molecule has 0 unspecified atom stereocenters. The van der Waals surface area contributed by atoms with Crippen molar-refractivity contribution in [2.75, 3.05) is 0 Å². The number of halogens is 2. The predicted octanol–water partition coefficient (Wildman–Crippen LogP) is 3.35. The van der Waals surface area contributed by atoms with Gasteiger partial charge >= 0.3 is 0 Å². The minimum Gasteiger partial charge on any atom is -0.329 e. The van der Waals surface area contributed by atoms with Crippen molar-refractivity contribution in [2.24, 2.45) is 0 Å². The Kier molecular flexibility index (Phi) is 5.83. The number of hydrogen-bond donors (Lipinski definition) is 2. The highest BCUT2D eigenvalue weighted by Gasteiger charge is 2.23. The van der Waals surface area contributed by atoms with Crippen molar-refractivity contribution in [1.29, 1.82) is 0 Å². The van der Waals surface area contributed by atoms with Crippen LogP contribution in [0.4, 0.5) is 0 Å². The van der Waals surface area contributed by atoms with Gasteiger partial charge in [-0.2, -0.15) is 0 Å². The molecule has 0 fully saturated rings. The second-order valence-electron chi connectivity index (χ2n) is 4.60. The highest BCUT2D eigenvalue weighted by molar-refractivity contribution is 7.12. The molecule has 1 aromatic carbocycles. The van der Waals surface area contributed by atoms with Crippen LogP contribution in [-0.4, -0.2) is 22.8 Å². The summed E-state index contributed by atoms with van der Waals surface area (Å²) in [4.78, 5) is 23.7. The number of benzene rings is 1. The Hall–Kier alpha value is -1.56. The first-order chi connectivity index (χ1) is 10.5. The van der Waals surface area contributed by atoms with Crippen molar-refractivity contribution in [3.8, 4) is 0 Å². The third-order valence-corrected chi connectivity index (χ3v) is 4.26. The van der Waals surface area contributed by atoms with Gasteiger partial charge in [0.1, 0.15) is 11.0 Å². The topological polar surface area (TPSA) is 58.2 Å². The van der Waals surface area contributed by atoms with Gasteiger partial charge in [0.25, 0.3) is 11.8 Å². The van der Waals surface area contributed by atoms with Crippen LogP contribution in [0.2, 0.25) is 0 Å². The van der Waals surface area contributed by atoms with Crippen molar-refractivity contribution < 1.29 is 9.59 Å². The predicted molar refractivity (Wildman–Crippen MR) is 89.7 cm³/mol. The first-order valence-corrected chi connectivity index (χ1v) is 8.22. The normalized spacial score (nSPS) is 12.0. The lowest BCUT2D eigenvalue weighted by atomic mass is 10.1. The Balaban J connectivity index is 2.04. The van der Waals surface area contributed by atoms with E-state index in [9.17, 15) is 9.59 Å². The standard InChI is InChI=1S/C15H14Cl2N2O2S/c1-9-4-6-10(7-5-9)14(20)18-13(12(16)17)19-15(21)11-3-2-8-22-11/h2-8,12-13H,1H3,(H,18,20)(H,19,21)/t13-/m0/s1. The van der Waals surface area contributed by atoms with Gasteiger partial charge in [-0.05, 0) is 30.5 Å². The van der Waals surface area contributed by atoms with E-state index in [0.717, 1.165) is 5.56 Å². The smallest absolute Gasteiger partial charge is 0.263 e. The monoisotopic (exact) mass is 356 g/mol. The second-order valence-corrected chi connectivity index (χ2v) is 6.71. The number of thiophene rings is 1. The molecule has 1 heterocycles. The Morgan fingerprint density at radius 2 is 1.68 bits per heavy atom. The molecule has 7 heteroatoms. The number of nitrogens with one attached hydrogen (secondary N) is 2. The van der Waals surface area contributed by atoms with Crippen LogP contribution in [0.5, 0.6) is 0 Å². The summed E-state index contributed by atoms with van der Waals surface area (Å²) in [6.45, 7) is 1.93. The van der Waals surface area contributed by atoms with E-state index in [0.29, 0.717) is 10.4 Å². The van der Waals surface area contributed by atoms with Gasteiger partial charge in [0.2, 0.25) is 0 Å². The lowest BCUT2D eigenvalue weighted by molar-refractivity contribution is 0.0891. The van der Waals surface area contributed by atoms with Crippen molar-refractivity contribution in [3.05, 3.63) is 57.8 Å². The van der Waals surface area contributed by atoms with Crippen LogP contribution in [-0.2, 0) is 0 Å². The lowest BCUT2D eigenvalue weighted by Gasteiger charge is -2.21. The quantitative estimate of drug-likeness (QED) is 0.637. The minimum absolute atomic E-state index is 0.337. The van der Waals surface area contributed by atoms with E-state index < -0.39 is 11.0 Å². The maximum atomic E-state index is 12.2. The average Bonchev–Trinajstić information content (AvgIpc) is 3.01. The fourth-order valence-electron chi connectivity index (χ4n) is 1.71. The summed E-state index contributed by atoms with van der Waals surface area (Å²) in [5.74, 6) is -0.696. The van der Waals surface area contributed by atoms with Crippen LogP contribution < -0.4 is 10.6 Å². The number of amides is 2. The maximum Gasteiger partial charge on any atom is 0.263 e. The molecule has 2 amide bonds. The van der Waals surface area contributed by atoms with Crippen molar-refractivity contribution >= 4 is 46.4 Å². The Morgan fingerprint density at radius 1 is 1.05 bits per heavy atom. The molecule has 0 aliphatic heterocycles. The molecule has 4 nitrogen and oxygen atoms in total. The SMILES string of the molecule is Cc1ccc(C(=O)N[C@@H](NC(=O)c2cccs2)C(Cl)Cl)cc1. The fourth-order valence-corrected chi connectivity index (χ4v) is 2.59. The molecule has 0 radical (unpaired) electrons. The van der Waals surface area contributed by atoms with Gasteiger partial charge in [-0.15, -0.1) is 34.5 Å². The zero-order valence-corrected chi connectivity index (χ0v) is 14.0. The molecule has 22 heavy (non-hydrogen) atoms. The molecule has 0 spiro atoms. The molecular weight excluding hydrogens is 343 g/mol. The van der Waals surface area contributed by atoms with Crippen molar-refractivity contribution in [3.63, 3.8) is 0 Å². The molecule has 2 N–H and O–H groups in total. The molecule has 1 atom stereocenters. The number of rotatable bonds is 5. The van der Waals surface area contributed by atoms with Crippen molar-refractivity contribution in [2.45, 2.75) is 17.9 Å². The summed E-state index contributed by atoms with van der Waals surface area (Å²) in [6.07, 6.45) is -0.883. The van der Waals surface area contributed by atoms with E-state index in [1.54, 1.807) is 29.6 Å². The second kappa shape index (κ2) is 7.63. The van der Waals surface area contributed by atoms with E-state index in [1.807, 2.05) is 19.1 Å². The van der Waals surface area contributed by atoms with E-state index in [2.05, 4.69) is 10.6 Å². The maximum absolute atomic E-state index is 12.2. The summed E-state index contributed by atoms with van der Waals surface area (Å²) in [5.41, 5.74) is 1.52. The highest BCUT2D eigenvalue weighted by Crippen LogP contribution is 2.12. The molecule has 0 aliphatic rings. The number of aryl methyl sites for hydroxylation is 1. The highest BCUT2D eigenvalue weighted by atomic mass is 35.5. The third-order valence-electron chi connectivity index (χ3n) is 2.88. The van der Waals surface area contributed by atoms with E-state index in [-0.39, 0.29) is 11.8 Å². The van der Waals surface area contributed by atoms with Crippen LogP contribution in [0.15, 0.2) is 41.8 Å². The zero-order chi connectivity index (χ0) is 16.1. The van der Waals surface area contributed by atoms with Gasteiger partial charge in [-0.3, -0.25) is 9.59 Å². The molecule has 116 valence electrons. The van der Waals surface area contributed by atoms with E-state index >= 15 is 0 Å². The molecule has 1 aromatic heterocycles. The number of carbonyl (C=O) groups is 2. The van der Waals surface area contributed by atoms with E-state index in [1.165, 1.54) is 11.3 Å². The third kappa shape index (κ3) is 4.47. The van der Waals surface area contributed by atoms with Gasteiger partial charge < -0.3 is 10.6 Å². The number of alkyl halides is 2. The largest absolute Gasteiger partial charge is 0.329 e. The van der Waals surface area contributed by atoms with Crippen LogP contribution in [0.25, 0.3) is 0 Å². The number of hydrogen-bond acceptors (Lipinski definition) is 3. The van der Waals surface area contributed by atoms with E-state index in [4.69, 9.17) is 23.2 Å². The van der Waals surface area contributed by atoms with Gasteiger partial charge in [-0.25, -0.2) is 0 Å². The van der Waals surface area contributed by atoms with Crippen LogP contribution in [0, 0.1) is 6.92 Å². The molecule has 2 aromatic rings. The van der Waals surface area contributed by atoms with Gasteiger partial charge in [0.05, 0.1) is 4.88 Å². The minimum atomic E-state index is -0.974. The van der Waals surface area contributed by atoms with Crippen LogP contribution in [0.1, 0.15) is 25.6 Å². The van der Waals surface area contributed by atoms with Crippen molar-refractivity contribution in [1.82, 2.24) is 10.6 Å². The lowest BCUT2D eigenvalue weighted by Crippen LogP contribution is -2.51. The first-order valence-electron chi connectivity index (χ1n) is 6.47. The average molecular weight is 357 g/mol. The summed E-state index contributed by atoms with van der Waals surface area (Å²) in [5, 5.41) is 7.01. The Morgan fingerprint density at radius 3 is 2.23 bits per heavy atom. The molecule has 0 saturated heterocycles. The molecule has 0 aliphatic carbocycles. The molecule has 0 bridgehead atoms. The zero-order valence-electron chi connectivity index (χ0n) is 11.7. The summed E-state index contributed by atoms with van der Waals surface area (Å²) in [6, 6.07) is 10.5. The first kappa shape index (κ1) is 16.8.